The van der Waals surface area contributed by atoms with Crippen molar-refractivity contribution in [1.82, 2.24) is 0 Å². The van der Waals surface area contributed by atoms with Crippen LogP contribution in [0.5, 0.6) is 0 Å². The molecule has 0 aliphatic rings. The normalized spacial score (nSPS) is 10.4. The quantitative estimate of drug-likeness (QED) is 0.467. The van der Waals surface area contributed by atoms with Crippen LogP contribution in [0.3, 0.4) is 0 Å². The van der Waals surface area contributed by atoms with Crippen molar-refractivity contribution < 1.29 is 4.79 Å². The van der Waals surface area contributed by atoms with E-state index in [4.69, 9.17) is 17.3 Å². The van der Waals surface area contributed by atoms with Crippen LogP contribution in [-0.2, 0) is 4.79 Å². The van der Waals surface area contributed by atoms with E-state index in [0.29, 0.717) is 22.8 Å². The Morgan fingerprint density at radius 3 is 2.95 bits per heavy atom. The minimum Gasteiger partial charge on any atom is -0.397 e. The van der Waals surface area contributed by atoms with Gasteiger partial charge in [-0.25, -0.2) is 0 Å². The number of thioether (sulfide) groups is 1. The highest BCUT2D eigenvalue weighted by Crippen LogP contribution is 2.25. The predicted octanol–water partition coefficient (Wildman–Crippen LogP) is 4.49. The van der Waals surface area contributed by atoms with Crippen molar-refractivity contribution in [3.8, 4) is 0 Å². The van der Waals surface area contributed by atoms with Gasteiger partial charge in [0, 0.05) is 12.1 Å². The summed E-state index contributed by atoms with van der Waals surface area (Å²) in [6, 6.07) is 9.22. The number of amides is 1. The van der Waals surface area contributed by atoms with Crippen LogP contribution in [0, 0.1) is 0 Å². The number of thiophene rings is 1. The first-order chi connectivity index (χ1) is 9.65. The maximum atomic E-state index is 11.8. The van der Waals surface area contributed by atoms with Crippen molar-refractivity contribution in [2.45, 2.75) is 17.1 Å². The van der Waals surface area contributed by atoms with Gasteiger partial charge >= 0.3 is 0 Å². The van der Waals surface area contributed by atoms with Gasteiger partial charge in [0.25, 0.3) is 0 Å². The van der Waals surface area contributed by atoms with Gasteiger partial charge in [-0.1, -0.05) is 17.7 Å². The Kier molecular flexibility index (Phi) is 5.76. The maximum Gasteiger partial charge on any atom is 0.224 e. The lowest BCUT2D eigenvalue weighted by molar-refractivity contribution is -0.116. The van der Waals surface area contributed by atoms with Crippen LogP contribution in [0.4, 0.5) is 11.4 Å². The van der Waals surface area contributed by atoms with E-state index in [0.717, 1.165) is 12.2 Å². The smallest absolute Gasteiger partial charge is 0.224 e. The van der Waals surface area contributed by atoms with Gasteiger partial charge in [0.2, 0.25) is 5.91 Å². The Hall–Kier alpha value is -1.17. The summed E-state index contributed by atoms with van der Waals surface area (Å²) in [5.74, 6) is 0.940. The van der Waals surface area contributed by atoms with Crippen molar-refractivity contribution in [2.75, 3.05) is 16.8 Å². The fraction of sp³-hybridized carbons (Fsp3) is 0.214. The molecule has 0 aliphatic heterocycles. The molecule has 20 heavy (non-hydrogen) atoms. The number of rotatable bonds is 6. The molecular formula is C14H15ClN2OS2. The Morgan fingerprint density at radius 2 is 2.25 bits per heavy atom. The number of benzene rings is 1. The highest BCUT2D eigenvalue weighted by Gasteiger charge is 2.04. The molecule has 0 fully saturated rings. The zero-order valence-corrected chi connectivity index (χ0v) is 13.2. The van der Waals surface area contributed by atoms with Crippen LogP contribution in [0.15, 0.2) is 39.9 Å². The minimum absolute atomic E-state index is 0.00139. The average Bonchev–Trinajstić information content (AvgIpc) is 2.92. The van der Waals surface area contributed by atoms with Crippen molar-refractivity contribution in [2.24, 2.45) is 0 Å². The first-order valence-electron chi connectivity index (χ1n) is 6.16. The van der Waals surface area contributed by atoms with Gasteiger partial charge in [-0.05, 0) is 41.8 Å². The summed E-state index contributed by atoms with van der Waals surface area (Å²) in [5.41, 5.74) is 6.84. The van der Waals surface area contributed by atoms with E-state index < -0.39 is 0 Å². The molecule has 0 aliphatic carbocycles. The van der Waals surface area contributed by atoms with E-state index in [2.05, 4.69) is 16.8 Å². The highest BCUT2D eigenvalue weighted by atomic mass is 35.5. The molecule has 0 atom stereocenters. The van der Waals surface area contributed by atoms with Gasteiger partial charge < -0.3 is 11.1 Å². The van der Waals surface area contributed by atoms with Crippen molar-refractivity contribution >= 4 is 52.0 Å². The van der Waals surface area contributed by atoms with E-state index in [1.54, 1.807) is 41.3 Å². The summed E-state index contributed by atoms with van der Waals surface area (Å²) >= 11 is 9.33. The molecule has 6 heteroatoms. The third-order valence-electron chi connectivity index (χ3n) is 2.57. The molecule has 2 rings (SSSR count). The molecule has 0 saturated carbocycles. The topological polar surface area (TPSA) is 55.1 Å². The van der Waals surface area contributed by atoms with E-state index in [-0.39, 0.29) is 5.91 Å². The average molecular weight is 327 g/mol. The molecule has 0 bridgehead atoms. The highest BCUT2D eigenvalue weighted by molar-refractivity contribution is 8.01. The molecule has 1 aromatic heterocycles. The van der Waals surface area contributed by atoms with Crippen LogP contribution in [0.25, 0.3) is 0 Å². The van der Waals surface area contributed by atoms with Gasteiger partial charge in [0.1, 0.15) is 0 Å². The van der Waals surface area contributed by atoms with Crippen LogP contribution in [0.2, 0.25) is 5.02 Å². The number of carbonyl (C=O) groups is 1. The lowest BCUT2D eigenvalue weighted by Gasteiger charge is -2.06. The second kappa shape index (κ2) is 7.57. The molecule has 0 saturated heterocycles. The fourth-order valence-electron chi connectivity index (χ4n) is 1.60. The number of hydrogen-bond donors (Lipinski definition) is 2. The SMILES string of the molecule is Nc1cc(NC(=O)CCCSc2cccs2)ccc1Cl. The lowest BCUT2D eigenvalue weighted by Crippen LogP contribution is -2.11. The zero-order valence-electron chi connectivity index (χ0n) is 10.8. The molecule has 2 aromatic rings. The van der Waals surface area contributed by atoms with E-state index in [1.165, 1.54) is 4.21 Å². The number of nitrogens with one attached hydrogen (secondary N) is 1. The summed E-state index contributed by atoms with van der Waals surface area (Å²) in [4.78, 5) is 11.8. The Labute approximate surface area is 131 Å². The first kappa shape index (κ1) is 15.2. The van der Waals surface area contributed by atoms with Gasteiger partial charge in [-0.2, -0.15) is 0 Å². The number of anilines is 2. The largest absolute Gasteiger partial charge is 0.397 e. The molecule has 1 aromatic carbocycles. The summed E-state index contributed by atoms with van der Waals surface area (Å²) in [6.07, 6.45) is 1.35. The van der Waals surface area contributed by atoms with E-state index in [9.17, 15) is 4.79 Å². The minimum atomic E-state index is -0.00139. The second-order valence-electron chi connectivity index (χ2n) is 4.17. The van der Waals surface area contributed by atoms with Gasteiger partial charge in [0.15, 0.2) is 0 Å². The summed E-state index contributed by atoms with van der Waals surface area (Å²) < 4.78 is 1.29. The molecule has 0 spiro atoms. The van der Waals surface area contributed by atoms with Crippen LogP contribution in [0.1, 0.15) is 12.8 Å². The van der Waals surface area contributed by atoms with Gasteiger partial charge in [0.05, 0.1) is 14.9 Å². The Morgan fingerprint density at radius 1 is 1.40 bits per heavy atom. The third-order valence-corrected chi connectivity index (χ3v) is 5.13. The van der Waals surface area contributed by atoms with Crippen LogP contribution < -0.4 is 11.1 Å². The van der Waals surface area contributed by atoms with Crippen LogP contribution in [-0.4, -0.2) is 11.7 Å². The third kappa shape index (κ3) is 4.74. The Bertz CT molecular complexity index is 573. The summed E-state index contributed by atoms with van der Waals surface area (Å²) in [7, 11) is 0. The Balaban J connectivity index is 1.71. The summed E-state index contributed by atoms with van der Waals surface area (Å²) in [6.45, 7) is 0. The molecule has 1 amide bonds. The summed E-state index contributed by atoms with van der Waals surface area (Å²) in [5, 5.41) is 5.37. The van der Waals surface area contributed by atoms with E-state index >= 15 is 0 Å². The number of nitrogens with two attached hydrogens (primary N) is 1. The number of halogens is 1. The van der Waals surface area contributed by atoms with Gasteiger partial charge in [-0.3, -0.25) is 4.79 Å². The molecule has 106 valence electrons. The predicted molar refractivity (Wildman–Crippen MR) is 88.8 cm³/mol. The number of carbonyl (C=O) groups excluding carboxylic acids is 1. The monoisotopic (exact) mass is 326 g/mol. The molecule has 0 radical (unpaired) electrons. The molecule has 3 N–H and O–H groups in total. The lowest BCUT2D eigenvalue weighted by atomic mass is 10.2. The first-order valence-corrected chi connectivity index (χ1v) is 8.40. The molecule has 3 nitrogen and oxygen atoms in total. The fourth-order valence-corrected chi connectivity index (χ4v) is 3.52. The second-order valence-corrected chi connectivity index (χ2v) is 6.92. The molecular weight excluding hydrogens is 312 g/mol. The van der Waals surface area contributed by atoms with Crippen molar-refractivity contribution in [1.29, 1.82) is 0 Å². The number of hydrogen-bond acceptors (Lipinski definition) is 4. The van der Waals surface area contributed by atoms with Crippen molar-refractivity contribution in [3.63, 3.8) is 0 Å². The zero-order chi connectivity index (χ0) is 14.4. The standard InChI is InChI=1S/C14H15ClN2OS2/c15-11-6-5-10(9-12(11)16)17-13(18)3-1-7-19-14-4-2-8-20-14/h2,4-6,8-9H,1,3,7,16H2,(H,17,18). The van der Waals surface area contributed by atoms with E-state index in [1.807, 2.05) is 6.07 Å². The molecule has 0 unspecified atom stereocenters. The van der Waals surface area contributed by atoms with Crippen LogP contribution >= 0.6 is 34.7 Å². The molecule has 1 heterocycles. The number of nitrogen functional groups attached to an aromatic ring is 1. The van der Waals surface area contributed by atoms with Gasteiger partial charge in [-0.15, -0.1) is 23.1 Å². The maximum absolute atomic E-state index is 11.8. The van der Waals surface area contributed by atoms with Crippen molar-refractivity contribution in [3.05, 3.63) is 40.7 Å².